The van der Waals surface area contributed by atoms with Crippen LogP contribution in [0.1, 0.15) is 26.3 Å². The van der Waals surface area contributed by atoms with E-state index < -0.39 is 34.0 Å². The summed E-state index contributed by atoms with van der Waals surface area (Å²) in [5.74, 6) is -0.928. The van der Waals surface area contributed by atoms with Crippen LogP contribution < -0.4 is 10.1 Å². The van der Waals surface area contributed by atoms with Crippen molar-refractivity contribution in [3.8, 4) is 5.75 Å². The summed E-state index contributed by atoms with van der Waals surface area (Å²) < 4.78 is 35.8. The van der Waals surface area contributed by atoms with E-state index >= 15 is 0 Å². The van der Waals surface area contributed by atoms with Crippen molar-refractivity contribution in [3.63, 3.8) is 0 Å². The highest BCUT2D eigenvalue weighted by molar-refractivity contribution is 7.89. The van der Waals surface area contributed by atoms with Gasteiger partial charge in [0.25, 0.3) is 5.91 Å². The standard InChI is InChI=1S/C18H26N2O6S/c1-18(2,3)19-16(21)12-26-17(22)10-8-13-7-9-14(25-6)15(11-13)27(23,24)20(4)5/h7-11H,12H2,1-6H3,(H,19,21)/b10-8+. The lowest BCUT2D eigenvalue weighted by molar-refractivity contribution is -0.144. The monoisotopic (exact) mass is 398 g/mol. The van der Waals surface area contributed by atoms with Crippen molar-refractivity contribution in [2.24, 2.45) is 0 Å². The molecule has 1 aromatic rings. The molecule has 1 rings (SSSR count). The van der Waals surface area contributed by atoms with E-state index in [1.165, 1.54) is 39.4 Å². The molecule has 150 valence electrons. The van der Waals surface area contributed by atoms with Gasteiger partial charge in [-0.05, 0) is 44.5 Å². The third kappa shape index (κ3) is 7.03. The van der Waals surface area contributed by atoms with Gasteiger partial charge in [0, 0.05) is 25.7 Å². The smallest absolute Gasteiger partial charge is 0.331 e. The number of carbonyl (C=O) groups is 2. The van der Waals surface area contributed by atoms with Crippen LogP contribution in [0.15, 0.2) is 29.2 Å². The molecule has 1 amide bonds. The largest absolute Gasteiger partial charge is 0.495 e. The average molecular weight is 398 g/mol. The molecule has 0 radical (unpaired) electrons. The van der Waals surface area contributed by atoms with Gasteiger partial charge in [-0.25, -0.2) is 17.5 Å². The minimum atomic E-state index is -3.71. The Bertz CT molecular complexity index is 823. The maximum atomic E-state index is 12.4. The van der Waals surface area contributed by atoms with Crippen LogP contribution >= 0.6 is 0 Å². The van der Waals surface area contributed by atoms with Crippen molar-refractivity contribution in [2.75, 3.05) is 27.8 Å². The first-order valence-corrected chi connectivity index (χ1v) is 9.57. The molecular formula is C18H26N2O6S. The molecule has 0 heterocycles. The van der Waals surface area contributed by atoms with Crippen molar-refractivity contribution in [1.29, 1.82) is 0 Å². The van der Waals surface area contributed by atoms with Crippen molar-refractivity contribution in [3.05, 3.63) is 29.8 Å². The lowest BCUT2D eigenvalue weighted by Gasteiger charge is -2.20. The Hall–Kier alpha value is -2.39. The Morgan fingerprint density at radius 2 is 1.85 bits per heavy atom. The SMILES string of the molecule is COc1ccc(/C=C/C(=O)OCC(=O)NC(C)(C)C)cc1S(=O)(=O)N(C)C. The predicted octanol–water partition coefficient (Wildman–Crippen LogP) is 1.42. The predicted molar refractivity (Wildman–Crippen MR) is 102 cm³/mol. The maximum Gasteiger partial charge on any atom is 0.331 e. The molecule has 0 aliphatic carbocycles. The van der Waals surface area contributed by atoms with Gasteiger partial charge in [0.15, 0.2) is 6.61 Å². The second kappa shape index (κ2) is 9.01. The second-order valence-electron chi connectivity index (χ2n) is 6.94. The molecule has 0 saturated carbocycles. The molecule has 0 bridgehead atoms. The van der Waals surface area contributed by atoms with E-state index in [1.807, 2.05) is 20.8 Å². The number of methoxy groups -OCH3 is 1. The molecule has 8 nitrogen and oxygen atoms in total. The molecule has 0 unspecified atom stereocenters. The third-order valence-corrected chi connectivity index (χ3v) is 5.05. The maximum absolute atomic E-state index is 12.4. The fraction of sp³-hybridized carbons (Fsp3) is 0.444. The Kier molecular flexibility index (Phi) is 7.55. The molecule has 0 atom stereocenters. The highest BCUT2D eigenvalue weighted by Gasteiger charge is 2.22. The van der Waals surface area contributed by atoms with E-state index in [-0.39, 0.29) is 10.6 Å². The van der Waals surface area contributed by atoms with E-state index in [2.05, 4.69) is 5.32 Å². The number of carbonyl (C=O) groups excluding carboxylic acids is 2. The number of nitrogens with zero attached hydrogens (tertiary/aromatic N) is 1. The van der Waals surface area contributed by atoms with Gasteiger partial charge in [0.1, 0.15) is 10.6 Å². The Morgan fingerprint density at radius 1 is 1.22 bits per heavy atom. The summed E-state index contributed by atoms with van der Waals surface area (Å²) in [7, 11) is 0.488. The van der Waals surface area contributed by atoms with Crippen LogP contribution in [0.2, 0.25) is 0 Å². The molecule has 0 aliphatic heterocycles. The summed E-state index contributed by atoms with van der Waals surface area (Å²) >= 11 is 0. The Balaban J connectivity index is 2.87. The lowest BCUT2D eigenvalue weighted by Crippen LogP contribution is -2.42. The second-order valence-corrected chi connectivity index (χ2v) is 9.06. The first kappa shape index (κ1) is 22.7. The highest BCUT2D eigenvalue weighted by Crippen LogP contribution is 2.27. The number of nitrogens with one attached hydrogen (secondary N) is 1. The number of rotatable bonds is 7. The minimum absolute atomic E-state index is 0.0185. The summed E-state index contributed by atoms with van der Waals surface area (Å²) in [6, 6.07) is 4.49. The summed E-state index contributed by atoms with van der Waals surface area (Å²) in [5.41, 5.74) is 0.0452. The molecule has 27 heavy (non-hydrogen) atoms. The minimum Gasteiger partial charge on any atom is -0.495 e. The summed E-state index contributed by atoms with van der Waals surface area (Å²) in [6.45, 7) is 5.05. The number of esters is 1. The quantitative estimate of drug-likeness (QED) is 0.550. The molecule has 0 aliphatic rings. The number of amides is 1. The fourth-order valence-corrected chi connectivity index (χ4v) is 3.08. The van der Waals surface area contributed by atoms with Gasteiger partial charge in [-0.1, -0.05) is 6.07 Å². The summed E-state index contributed by atoms with van der Waals surface area (Å²) in [6.07, 6.45) is 2.52. The Morgan fingerprint density at radius 3 is 2.37 bits per heavy atom. The van der Waals surface area contributed by atoms with Crippen LogP contribution in [0.3, 0.4) is 0 Å². The van der Waals surface area contributed by atoms with E-state index in [0.29, 0.717) is 5.56 Å². The van der Waals surface area contributed by atoms with Gasteiger partial charge in [-0.15, -0.1) is 0 Å². The zero-order chi connectivity index (χ0) is 20.8. The van der Waals surface area contributed by atoms with E-state index in [1.54, 1.807) is 6.07 Å². The van der Waals surface area contributed by atoms with Crippen molar-refractivity contribution in [1.82, 2.24) is 9.62 Å². The van der Waals surface area contributed by atoms with Gasteiger partial charge < -0.3 is 14.8 Å². The van der Waals surface area contributed by atoms with Gasteiger partial charge in [-0.3, -0.25) is 4.79 Å². The lowest BCUT2D eigenvalue weighted by atomic mass is 10.1. The molecule has 1 aromatic carbocycles. The van der Waals surface area contributed by atoms with Crippen molar-refractivity contribution in [2.45, 2.75) is 31.2 Å². The summed E-state index contributed by atoms with van der Waals surface area (Å²) in [4.78, 5) is 23.4. The van der Waals surface area contributed by atoms with Crippen molar-refractivity contribution < 1.29 is 27.5 Å². The molecule has 9 heteroatoms. The topological polar surface area (TPSA) is 102 Å². The van der Waals surface area contributed by atoms with Gasteiger partial charge in [0.2, 0.25) is 10.0 Å². The summed E-state index contributed by atoms with van der Waals surface area (Å²) in [5, 5.41) is 2.67. The van der Waals surface area contributed by atoms with E-state index in [4.69, 9.17) is 9.47 Å². The zero-order valence-corrected chi connectivity index (χ0v) is 17.2. The van der Waals surface area contributed by atoms with Crippen LogP contribution in [0.4, 0.5) is 0 Å². The first-order chi connectivity index (χ1) is 12.4. The number of hydrogen-bond acceptors (Lipinski definition) is 6. The number of hydrogen-bond donors (Lipinski definition) is 1. The normalized spacial score (nSPS) is 12.3. The van der Waals surface area contributed by atoms with Crippen LogP contribution in [0, 0.1) is 0 Å². The highest BCUT2D eigenvalue weighted by atomic mass is 32.2. The fourth-order valence-electron chi connectivity index (χ4n) is 2.00. The van der Waals surface area contributed by atoms with E-state index in [0.717, 1.165) is 10.4 Å². The molecule has 1 N–H and O–H groups in total. The van der Waals surface area contributed by atoms with Crippen LogP contribution in [0.25, 0.3) is 6.08 Å². The van der Waals surface area contributed by atoms with E-state index in [9.17, 15) is 18.0 Å². The molecule has 0 aromatic heterocycles. The Labute approximate surface area is 160 Å². The van der Waals surface area contributed by atoms with Crippen molar-refractivity contribution >= 4 is 28.0 Å². The van der Waals surface area contributed by atoms with Gasteiger partial charge in [-0.2, -0.15) is 0 Å². The number of benzene rings is 1. The van der Waals surface area contributed by atoms with Crippen LogP contribution in [0.5, 0.6) is 5.75 Å². The van der Waals surface area contributed by atoms with Crippen LogP contribution in [-0.4, -0.2) is 58.0 Å². The molecule has 0 spiro atoms. The molecular weight excluding hydrogens is 372 g/mol. The third-order valence-electron chi connectivity index (χ3n) is 3.22. The van der Waals surface area contributed by atoms with Gasteiger partial charge >= 0.3 is 5.97 Å². The average Bonchev–Trinajstić information content (AvgIpc) is 2.56. The van der Waals surface area contributed by atoms with Gasteiger partial charge in [0.05, 0.1) is 7.11 Å². The zero-order valence-electron chi connectivity index (χ0n) is 16.4. The number of sulfonamides is 1. The van der Waals surface area contributed by atoms with Crippen LogP contribution in [-0.2, 0) is 24.3 Å². The number of ether oxygens (including phenoxy) is 2. The first-order valence-electron chi connectivity index (χ1n) is 8.13. The molecule has 0 saturated heterocycles. The molecule has 0 fully saturated rings.